The fourth-order valence-electron chi connectivity index (χ4n) is 2.74. The predicted octanol–water partition coefficient (Wildman–Crippen LogP) is 7.46. The maximum absolute atomic E-state index is 12.7. The van der Waals surface area contributed by atoms with Gasteiger partial charge in [0.2, 0.25) is 0 Å². The van der Waals surface area contributed by atoms with Gasteiger partial charge < -0.3 is 9.72 Å². The topological polar surface area (TPSA) is 59.9 Å². The van der Waals surface area contributed by atoms with E-state index >= 15 is 0 Å². The van der Waals surface area contributed by atoms with Crippen molar-refractivity contribution in [3.05, 3.63) is 99.3 Å². The first-order chi connectivity index (χ1) is 15.6. The number of nitrogens with one attached hydrogen (secondary N) is 1. The number of benzene rings is 2. The number of aromatic amines is 1. The fourth-order valence-corrected chi connectivity index (χ4v) is 3.14. The first-order valence-electron chi connectivity index (χ1n) is 10.4. The van der Waals surface area contributed by atoms with Gasteiger partial charge in [0, 0.05) is 17.3 Å². The van der Waals surface area contributed by atoms with Gasteiger partial charge in [-0.25, -0.2) is 4.98 Å². The summed E-state index contributed by atoms with van der Waals surface area (Å²) in [5.74, 6) is 1.19. The zero-order valence-electron chi connectivity index (χ0n) is 18.5. The molecule has 1 N–H and O–H groups in total. The molecule has 0 spiro atoms. The molecule has 0 radical (unpaired) electrons. The van der Waals surface area contributed by atoms with Crippen molar-refractivity contribution in [2.75, 3.05) is 0 Å². The minimum atomic E-state index is -0.240. The van der Waals surface area contributed by atoms with Crippen LogP contribution in [0.4, 0.5) is 0 Å². The second kappa shape index (κ2) is 12.6. The number of H-pyrrole nitrogens is 1. The van der Waals surface area contributed by atoms with Gasteiger partial charge in [-0.3, -0.25) is 9.36 Å². The normalized spacial score (nSPS) is 9.66. The van der Waals surface area contributed by atoms with Gasteiger partial charge in [0.1, 0.15) is 22.5 Å². The minimum Gasteiger partial charge on any atom is -0.456 e. The number of halogens is 1. The number of ether oxygens (including phenoxy) is 1. The molecule has 0 aliphatic heterocycles. The first-order valence-corrected chi connectivity index (χ1v) is 11.2. The summed E-state index contributed by atoms with van der Waals surface area (Å²) in [5.41, 5.74) is 1.42. The van der Waals surface area contributed by atoms with Crippen molar-refractivity contribution < 1.29 is 4.74 Å². The Morgan fingerprint density at radius 3 is 2.25 bits per heavy atom. The molecule has 166 valence electrons. The molecule has 0 amide bonds. The Morgan fingerprint density at radius 1 is 0.969 bits per heavy atom. The number of pyridine rings is 1. The lowest BCUT2D eigenvalue weighted by atomic mass is 10.2. The monoisotopic (exact) mass is 467 g/mol. The Morgan fingerprint density at radius 2 is 1.62 bits per heavy atom. The highest BCUT2D eigenvalue weighted by Crippen LogP contribution is 2.32. The van der Waals surface area contributed by atoms with E-state index in [0.717, 1.165) is 0 Å². The maximum atomic E-state index is 12.7. The van der Waals surface area contributed by atoms with Crippen LogP contribution in [0.2, 0.25) is 5.02 Å². The second-order valence-electron chi connectivity index (χ2n) is 5.92. The molecule has 0 saturated carbocycles. The van der Waals surface area contributed by atoms with Crippen molar-refractivity contribution in [3.8, 4) is 28.4 Å². The lowest BCUT2D eigenvalue weighted by Gasteiger charge is -2.12. The highest BCUT2D eigenvalue weighted by molar-refractivity contribution is 7.71. The highest BCUT2D eigenvalue weighted by Gasteiger charge is 2.13. The van der Waals surface area contributed by atoms with Crippen LogP contribution in [-0.2, 0) is 0 Å². The fraction of sp³-hybridized carbons (Fsp3) is 0.160. The third kappa shape index (κ3) is 6.15. The van der Waals surface area contributed by atoms with E-state index in [4.69, 9.17) is 28.6 Å². The Bertz CT molecular complexity index is 1240. The summed E-state index contributed by atoms with van der Waals surface area (Å²) in [6, 6.07) is 19.5. The molecule has 4 aromatic rings. The third-order valence-electron chi connectivity index (χ3n) is 4.06. The Kier molecular flexibility index (Phi) is 9.85. The molecule has 2 aromatic carbocycles. The summed E-state index contributed by atoms with van der Waals surface area (Å²) in [6.07, 6.45) is 3.16. The molecule has 0 saturated heterocycles. The molecule has 0 bridgehead atoms. The highest BCUT2D eigenvalue weighted by atomic mass is 35.5. The summed E-state index contributed by atoms with van der Waals surface area (Å²) < 4.78 is 7.84. The summed E-state index contributed by atoms with van der Waals surface area (Å²) >= 11 is 11.3. The average molecular weight is 468 g/mol. The molecule has 0 unspecified atom stereocenters. The summed E-state index contributed by atoms with van der Waals surface area (Å²) in [7, 11) is 0. The van der Waals surface area contributed by atoms with Gasteiger partial charge in [0.05, 0.1) is 16.9 Å². The predicted molar refractivity (Wildman–Crippen MR) is 135 cm³/mol. The van der Waals surface area contributed by atoms with Crippen molar-refractivity contribution in [1.82, 2.24) is 14.5 Å². The number of hydrogen-bond donors (Lipinski definition) is 1. The molecule has 32 heavy (non-hydrogen) atoms. The molecular weight excluding hydrogens is 442 g/mol. The molecule has 0 aliphatic carbocycles. The largest absolute Gasteiger partial charge is 0.456 e. The van der Waals surface area contributed by atoms with Crippen LogP contribution in [0.3, 0.4) is 0 Å². The van der Waals surface area contributed by atoms with Crippen LogP contribution < -0.4 is 10.3 Å². The molecule has 2 aromatic heterocycles. The van der Waals surface area contributed by atoms with E-state index in [1.165, 1.54) is 17.0 Å². The van der Waals surface area contributed by atoms with Crippen LogP contribution in [-0.4, -0.2) is 14.5 Å². The number of para-hydroxylation sites is 1. The van der Waals surface area contributed by atoms with Gasteiger partial charge in [-0.1, -0.05) is 69.7 Å². The second-order valence-corrected chi connectivity index (χ2v) is 6.76. The van der Waals surface area contributed by atoms with E-state index < -0.39 is 0 Å². The van der Waals surface area contributed by atoms with Gasteiger partial charge in [0.25, 0.3) is 5.56 Å². The molecule has 4 rings (SSSR count). The zero-order valence-corrected chi connectivity index (χ0v) is 20.1. The van der Waals surface area contributed by atoms with E-state index in [-0.39, 0.29) is 5.56 Å². The van der Waals surface area contributed by atoms with Crippen LogP contribution in [0.25, 0.3) is 16.9 Å². The van der Waals surface area contributed by atoms with Gasteiger partial charge in [-0.05, 0) is 42.5 Å². The quantitative estimate of drug-likeness (QED) is 0.316. The number of rotatable bonds is 4. The number of nitrogens with zero attached hydrogens (tertiary/aromatic N) is 2. The van der Waals surface area contributed by atoms with Crippen molar-refractivity contribution in [2.24, 2.45) is 0 Å². The third-order valence-corrected chi connectivity index (χ3v) is 4.64. The molecule has 7 heteroatoms. The minimum absolute atomic E-state index is 0.240. The molecular formula is C25H26ClN3O2S. The first kappa shape index (κ1) is 25.0. The number of aromatic nitrogens is 3. The lowest BCUT2D eigenvalue weighted by molar-refractivity contribution is 0.483. The SMILES string of the molecule is CC.CC.O=c1cc(-c2c(Oc3ccccc3)cc[nH]c2=S)ncn1-c1ccc(Cl)cc1. The van der Waals surface area contributed by atoms with Crippen LogP contribution in [0, 0.1) is 4.64 Å². The van der Waals surface area contributed by atoms with E-state index in [2.05, 4.69) is 9.97 Å². The molecule has 0 atom stereocenters. The molecule has 2 heterocycles. The van der Waals surface area contributed by atoms with Gasteiger partial charge >= 0.3 is 0 Å². The van der Waals surface area contributed by atoms with E-state index in [1.54, 1.807) is 36.5 Å². The van der Waals surface area contributed by atoms with Crippen LogP contribution >= 0.6 is 23.8 Å². The Labute approximate surface area is 198 Å². The van der Waals surface area contributed by atoms with Crippen LogP contribution in [0.15, 0.2) is 84.0 Å². The van der Waals surface area contributed by atoms with Crippen molar-refractivity contribution >= 4 is 23.8 Å². The summed E-state index contributed by atoms with van der Waals surface area (Å²) in [5, 5.41) is 0.597. The van der Waals surface area contributed by atoms with E-state index in [9.17, 15) is 4.79 Å². The molecule has 0 aliphatic rings. The standard InChI is InChI=1S/C21H14ClN3O2S.2C2H6/c22-14-6-8-15(9-7-14)25-13-24-17(12-19(25)26)20-18(10-11-23-21(20)28)27-16-4-2-1-3-5-16;2*1-2/h1-13H,(H,23,28);2*1-2H3. The van der Waals surface area contributed by atoms with Crippen molar-refractivity contribution in [2.45, 2.75) is 27.7 Å². The lowest BCUT2D eigenvalue weighted by Crippen LogP contribution is -2.18. The van der Waals surface area contributed by atoms with Gasteiger partial charge in [-0.15, -0.1) is 0 Å². The van der Waals surface area contributed by atoms with Crippen molar-refractivity contribution in [1.29, 1.82) is 0 Å². The molecule has 0 fully saturated rings. The molecule has 5 nitrogen and oxygen atoms in total. The smallest absolute Gasteiger partial charge is 0.258 e. The zero-order chi connectivity index (χ0) is 23.5. The van der Waals surface area contributed by atoms with Crippen molar-refractivity contribution in [3.63, 3.8) is 0 Å². The van der Waals surface area contributed by atoms with E-state index in [1.807, 2.05) is 58.0 Å². The summed E-state index contributed by atoms with van der Waals surface area (Å²) in [6.45, 7) is 8.00. The van der Waals surface area contributed by atoms with Crippen LogP contribution in [0.5, 0.6) is 11.5 Å². The maximum Gasteiger partial charge on any atom is 0.258 e. The van der Waals surface area contributed by atoms with Crippen LogP contribution in [0.1, 0.15) is 27.7 Å². The van der Waals surface area contributed by atoms with Gasteiger partial charge in [0.15, 0.2) is 0 Å². The van der Waals surface area contributed by atoms with Gasteiger partial charge in [-0.2, -0.15) is 0 Å². The Hall–Kier alpha value is -3.22. The number of hydrogen-bond acceptors (Lipinski definition) is 4. The Balaban J connectivity index is 0.000000860. The summed E-state index contributed by atoms with van der Waals surface area (Å²) in [4.78, 5) is 20.1. The average Bonchev–Trinajstić information content (AvgIpc) is 2.83. The van der Waals surface area contributed by atoms with E-state index in [0.29, 0.717) is 38.1 Å².